The summed E-state index contributed by atoms with van der Waals surface area (Å²) in [5.41, 5.74) is 2.60. The number of amides is 1. The smallest absolute Gasteiger partial charge is 0.256 e. The maximum atomic E-state index is 12.9. The Morgan fingerprint density at radius 3 is 2.85 bits per heavy atom. The van der Waals surface area contributed by atoms with E-state index in [0.29, 0.717) is 40.0 Å². The van der Waals surface area contributed by atoms with Gasteiger partial charge in [-0.25, -0.2) is 0 Å². The first-order chi connectivity index (χ1) is 12.9. The summed E-state index contributed by atoms with van der Waals surface area (Å²) in [5, 5.41) is 3.51. The van der Waals surface area contributed by atoms with Crippen molar-refractivity contribution < 1.29 is 19.0 Å². The predicted octanol–water partition coefficient (Wildman–Crippen LogP) is 4.48. The lowest BCUT2D eigenvalue weighted by Gasteiger charge is -2.19. The number of nitrogens with one attached hydrogen (secondary N) is 1. The second-order valence-corrected chi connectivity index (χ2v) is 7.67. The first-order valence-electron chi connectivity index (χ1n) is 8.70. The summed E-state index contributed by atoms with van der Waals surface area (Å²) < 4.78 is 17.0. The Labute approximate surface area is 162 Å². The van der Waals surface area contributed by atoms with E-state index in [4.69, 9.17) is 25.8 Å². The number of ether oxygens (including phenoxy) is 3. The Balaban J connectivity index is 1.63. The van der Waals surface area contributed by atoms with E-state index < -0.39 is 0 Å². The standard InChI is InChI=1S/C21H20ClNO4/c1-21(2)11-12-8-14(10-18(25-3)19(12)27-21)23-20(24)15-6-7-26-17-5-4-13(22)9-16(15)17/h4-6,8-10H,7,11H2,1-3H3,(H,23,24). The van der Waals surface area contributed by atoms with Crippen LogP contribution in [0.2, 0.25) is 5.02 Å². The van der Waals surface area contributed by atoms with Crippen molar-refractivity contribution in [1.29, 1.82) is 0 Å². The molecule has 0 radical (unpaired) electrons. The molecule has 2 aromatic carbocycles. The zero-order chi connectivity index (χ0) is 19.2. The molecule has 1 amide bonds. The van der Waals surface area contributed by atoms with Gasteiger partial charge in [0.1, 0.15) is 18.0 Å². The largest absolute Gasteiger partial charge is 0.493 e. The number of rotatable bonds is 3. The molecule has 0 saturated carbocycles. The third-order valence-corrected chi connectivity index (χ3v) is 4.84. The molecule has 2 aliphatic rings. The molecule has 0 spiro atoms. The van der Waals surface area contributed by atoms with E-state index in [1.54, 1.807) is 37.5 Å². The summed E-state index contributed by atoms with van der Waals surface area (Å²) in [6.07, 6.45) is 2.50. The molecule has 27 heavy (non-hydrogen) atoms. The summed E-state index contributed by atoms with van der Waals surface area (Å²) in [6.45, 7) is 4.39. The summed E-state index contributed by atoms with van der Waals surface area (Å²) in [4.78, 5) is 12.9. The van der Waals surface area contributed by atoms with Gasteiger partial charge < -0.3 is 19.5 Å². The van der Waals surface area contributed by atoms with Crippen molar-refractivity contribution in [2.24, 2.45) is 0 Å². The van der Waals surface area contributed by atoms with Gasteiger partial charge in [0, 0.05) is 34.3 Å². The van der Waals surface area contributed by atoms with Gasteiger partial charge in [0.2, 0.25) is 0 Å². The number of carbonyl (C=O) groups is 1. The zero-order valence-corrected chi connectivity index (χ0v) is 16.1. The molecule has 0 bridgehead atoms. The molecule has 5 nitrogen and oxygen atoms in total. The number of anilines is 1. The Bertz CT molecular complexity index is 965. The Morgan fingerprint density at radius 1 is 1.26 bits per heavy atom. The van der Waals surface area contributed by atoms with E-state index in [1.165, 1.54) is 0 Å². The van der Waals surface area contributed by atoms with Crippen molar-refractivity contribution >= 4 is 28.8 Å². The van der Waals surface area contributed by atoms with Gasteiger partial charge in [0.25, 0.3) is 5.91 Å². The molecule has 6 heteroatoms. The van der Waals surface area contributed by atoms with E-state index in [2.05, 4.69) is 5.32 Å². The highest BCUT2D eigenvalue weighted by Crippen LogP contribution is 2.44. The number of hydrogen-bond acceptors (Lipinski definition) is 4. The molecular weight excluding hydrogens is 366 g/mol. The van der Waals surface area contributed by atoms with Crippen LogP contribution in [-0.4, -0.2) is 25.2 Å². The topological polar surface area (TPSA) is 56.8 Å². The first-order valence-corrected chi connectivity index (χ1v) is 9.08. The van der Waals surface area contributed by atoms with Crippen LogP contribution in [0.5, 0.6) is 17.2 Å². The normalized spacial score (nSPS) is 16.4. The minimum atomic E-state index is -0.294. The number of fused-ring (bicyclic) bond motifs is 2. The fourth-order valence-electron chi connectivity index (χ4n) is 3.48. The van der Waals surface area contributed by atoms with Crippen LogP contribution in [0.1, 0.15) is 25.0 Å². The second kappa shape index (κ2) is 6.50. The highest BCUT2D eigenvalue weighted by atomic mass is 35.5. The number of benzene rings is 2. The van der Waals surface area contributed by atoms with Gasteiger partial charge in [-0.05, 0) is 44.2 Å². The maximum absolute atomic E-state index is 12.9. The van der Waals surface area contributed by atoms with Crippen LogP contribution in [0.15, 0.2) is 36.4 Å². The fraction of sp³-hybridized carbons (Fsp3) is 0.286. The number of methoxy groups -OCH3 is 1. The van der Waals surface area contributed by atoms with Crippen LogP contribution >= 0.6 is 11.6 Å². The van der Waals surface area contributed by atoms with E-state index >= 15 is 0 Å². The SMILES string of the molecule is COc1cc(NC(=O)C2=CCOc3ccc(Cl)cc32)cc2c1OC(C)(C)C2. The van der Waals surface area contributed by atoms with Gasteiger partial charge in [-0.1, -0.05) is 11.6 Å². The van der Waals surface area contributed by atoms with Crippen LogP contribution in [0.3, 0.4) is 0 Å². The van der Waals surface area contributed by atoms with Crippen molar-refractivity contribution in [2.75, 3.05) is 19.0 Å². The first kappa shape index (κ1) is 17.7. The molecule has 2 aromatic rings. The van der Waals surface area contributed by atoms with Gasteiger partial charge >= 0.3 is 0 Å². The Morgan fingerprint density at radius 2 is 2.07 bits per heavy atom. The van der Waals surface area contributed by atoms with Gasteiger partial charge in [0.05, 0.1) is 12.7 Å². The van der Waals surface area contributed by atoms with Gasteiger partial charge in [-0.3, -0.25) is 4.79 Å². The molecule has 0 unspecified atom stereocenters. The molecule has 1 N–H and O–H groups in total. The molecule has 0 atom stereocenters. The van der Waals surface area contributed by atoms with Crippen LogP contribution in [0.4, 0.5) is 5.69 Å². The van der Waals surface area contributed by atoms with Crippen molar-refractivity contribution in [3.05, 3.63) is 52.6 Å². The van der Waals surface area contributed by atoms with E-state index in [-0.39, 0.29) is 11.5 Å². The molecule has 2 aliphatic heterocycles. The second-order valence-electron chi connectivity index (χ2n) is 7.23. The van der Waals surface area contributed by atoms with Crippen molar-refractivity contribution in [3.63, 3.8) is 0 Å². The molecule has 4 rings (SSSR count). The fourth-order valence-corrected chi connectivity index (χ4v) is 3.65. The van der Waals surface area contributed by atoms with E-state index in [1.807, 2.05) is 19.9 Å². The van der Waals surface area contributed by atoms with Crippen molar-refractivity contribution in [3.8, 4) is 17.2 Å². The average Bonchev–Trinajstić information content (AvgIpc) is 2.94. The molecule has 0 fully saturated rings. The Kier molecular flexibility index (Phi) is 4.27. The lowest BCUT2D eigenvalue weighted by atomic mass is 10.00. The Hall–Kier alpha value is -2.66. The molecule has 0 aliphatic carbocycles. The van der Waals surface area contributed by atoms with Gasteiger partial charge in [-0.15, -0.1) is 0 Å². The summed E-state index contributed by atoms with van der Waals surface area (Å²) in [7, 11) is 1.59. The van der Waals surface area contributed by atoms with Crippen LogP contribution in [0.25, 0.3) is 5.57 Å². The summed E-state index contributed by atoms with van der Waals surface area (Å²) in [6, 6.07) is 8.96. The zero-order valence-electron chi connectivity index (χ0n) is 15.4. The summed E-state index contributed by atoms with van der Waals surface area (Å²) in [5.74, 6) is 1.77. The highest BCUT2D eigenvalue weighted by Gasteiger charge is 2.33. The van der Waals surface area contributed by atoms with Crippen LogP contribution in [-0.2, 0) is 11.2 Å². The number of carbonyl (C=O) groups excluding carboxylic acids is 1. The average molecular weight is 386 g/mol. The predicted molar refractivity (Wildman–Crippen MR) is 105 cm³/mol. The third-order valence-electron chi connectivity index (χ3n) is 4.61. The minimum absolute atomic E-state index is 0.220. The van der Waals surface area contributed by atoms with E-state index in [9.17, 15) is 4.79 Å². The molecule has 0 saturated heterocycles. The van der Waals surface area contributed by atoms with Gasteiger partial charge in [-0.2, -0.15) is 0 Å². The number of halogens is 1. The van der Waals surface area contributed by atoms with Crippen molar-refractivity contribution in [1.82, 2.24) is 0 Å². The molecule has 0 aromatic heterocycles. The molecule has 140 valence electrons. The monoisotopic (exact) mass is 385 g/mol. The summed E-state index contributed by atoms with van der Waals surface area (Å²) >= 11 is 6.09. The number of hydrogen-bond donors (Lipinski definition) is 1. The lowest BCUT2D eigenvalue weighted by Crippen LogP contribution is -2.24. The van der Waals surface area contributed by atoms with Crippen LogP contribution in [0, 0.1) is 0 Å². The highest BCUT2D eigenvalue weighted by molar-refractivity contribution is 6.32. The third kappa shape index (κ3) is 3.35. The molecule has 2 heterocycles. The minimum Gasteiger partial charge on any atom is -0.493 e. The quantitative estimate of drug-likeness (QED) is 0.846. The molecular formula is C21H20ClNO4. The lowest BCUT2D eigenvalue weighted by molar-refractivity contribution is -0.111. The van der Waals surface area contributed by atoms with Crippen LogP contribution < -0.4 is 19.5 Å². The van der Waals surface area contributed by atoms with Gasteiger partial charge in [0.15, 0.2) is 11.5 Å². The maximum Gasteiger partial charge on any atom is 0.256 e. The van der Waals surface area contributed by atoms with Crippen molar-refractivity contribution in [2.45, 2.75) is 25.9 Å². The van der Waals surface area contributed by atoms with E-state index in [0.717, 1.165) is 17.7 Å².